The molecule has 2 aromatic rings. The van der Waals surface area contributed by atoms with E-state index in [1.165, 1.54) is 17.2 Å². The molecule has 17 heteroatoms. The van der Waals surface area contributed by atoms with Crippen molar-refractivity contribution in [2.75, 3.05) is 19.5 Å². The van der Waals surface area contributed by atoms with Crippen LogP contribution in [-0.4, -0.2) is 71.3 Å². The van der Waals surface area contributed by atoms with Gasteiger partial charge >= 0.3 is 13.4 Å². The highest BCUT2D eigenvalue weighted by molar-refractivity contribution is 8.07. The number of nitrogen functional groups attached to an aromatic ring is 1. The van der Waals surface area contributed by atoms with Gasteiger partial charge in [-0.3, -0.25) is 9.09 Å². The van der Waals surface area contributed by atoms with Crippen LogP contribution in [0.1, 0.15) is 6.23 Å². The zero-order chi connectivity index (χ0) is 20.7. The second kappa shape index (κ2) is 8.22. The summed E-state index contributed by atoms with van der Waals surface area (Å²) in [6.45, 7) is -8.13. The minimum absolute atomic E-state index is 0.130. The zero-order valence-corrected chi connectivity index (χ0v) is 17.6. The average molecular weight is 473 g/mol. The maximum Gasteiger partial charge on any atom is 0.324 e. The normalized spacial score (nSPS) is 27.9. The molecule has 1 aliphatic rings. The van der Waals surface area contributed by atoms with Gasteiger partial charge in [0.1, 0.15) is 30.2 Å². The summed E-state index contributed by atoms with van der Waals surface area (Å²) in [5.41, 5.74) is 6.34. The summed E-state index contributed by atoms with van der Waals surface area (Å²) in [7, 11) is 1.16. The molecule has 1 fully saturated rings. The first-order valence-corrected chi connectivity index (χ1v) is 12.8. The van der Waals surface area contributed by atoms with Crippen LogP contribution in [0.4, 0.5) is 5.82 Å². The molecule has 0 amide bonds. The van der Waals surface area contributed by atoms with E-state index >= 15 is 0 Å². The van der Waals surface area contributed by atoms with E-state index in [4.69, 9.17) is 35.8 Å². The van der Waals surface area contributed by atoms with Crippen LogP contribution in [0.3, 0.4) is 0 Å². The van der Waals surface area contributed by atoms with Gasteiger partial charge in [0.25, 0.3) is 0 Å². The Hall–Kier alpha value is -0.670. The van der Waals surface area contributed by atoms with Crippen molar-refractivity contribution >= 4 is 54.0 Å². The topological polar surface area (TPSA) is 187 Å². The van der Waals surface area contributed by atoms with Gasteiger partial charge in [0, 0.05) is 7.11 Å². The van der Waals surface area contributed by atoms with Gasteiger partial charge in [-0.1, -0.05) is 0 Å². The van der Waals surface area contributed by atoms with E-state index in [2.05, 4.69) is 26.8 Å². The van der Waals surface area contributed by atoms with Gasteiger partial charge in [0.05, 0.1) is 12.9 Å². The Morgan fingerprint density at radius 1 is 1.29 bits per heavy atom. The standard InChI is InChI=1S/C11H17N5O8P2S2/c1-21-26(20,28)24-8-7(17)5(2-22-25(18,19)27)23-11(8)16-4-15-6-9(12)13-3-14-10(6)16/h3-5,7-8,11,17H,2H2,1H3,(H,20,28)(H2,12,13,14)(H2,18,19,27)/t5-,7+,8?,11-,26?/m1/s1. The second-order valence-electron chi connectivity index (χ2n) is 5.65. The fraction of sp³-hybridized carbons (Fsp3) is 0.545. The Morgan fingerprint density at radius 3 is 2.64 bits per heavy atom. The first kappa shape index (κ1) is 22.0. The first-order valence-electron chi connectivity index (χ1n) is 7.56. The third-order valence-electron chi connectivity index (χ3n) is 3.87. The molecule has 0 spiro atoms. The van der Waals surface area contributed by atoms with Crippen LogP contribution in [0.25, 0.3) is 11.2 Å². The van der Waals surface area contributed by atoms with Gasteiger partial charge in [0.15, 0.2) is 17.7 Å². The number of aromatic nitrogens is 4. The predicted molar refractivity (Wildman–Crippen MR) is 103 cm³/mol. The molecule has 3 heterocycles. The van der Waals surface area contributed by atoms with Gasteiger partial charge in [-0.05, 0) is 23.6 Å². The van der Waals surface area contributed by atoms with Crippen molar-refractivity contribution in [1.82, 2.24) is 19.5 Å². The molecule has 6 N–H and O–H groups in total. The molecule has 0 saturated carbocycles. The number of anilines is 1. The molecule has 0 radical (unpaired) electrons. The molecule has 2 aromatic heterocycles. The molecule has 28 heavy (non-hydrogen) atoms. The molecule has 5 atom stereocenters. The Labute approximate surface area is 168 Å². The smallest absolute Gasteiger partial charge is 0.324 e. The molecule has 1 saturated heterocycles. The number of aliphatic hydroxyl groups is 1. The summed E-state index contributed by atoms with van der Waals surface area (Å²) >= 11 is 9.25. The molecular formula is C11H17N5O8P2S2. The number of ether oxygens (including phenoxy) is 1. The fourth-order valence-corrected chi connectivity index (χ4v) is 4.06. The van der Waals surface area contributed by atoms with Crippen LogP contribution >= 0.6 is 13.4 Å². The molecule has 1 aliphatic heterocycles. The third-order valence-corrected chi connectivity index (χ3v) is 6.34. The van der Waals surface area contributed by atoms with Crippen molar-refractivity contribution in [3.8, 4) is 0 Å². The average Bonchev–Trinajstić information content (AvgIpc) is 3.16. The minimum Gasteiger partial charge on any atom is -0.387 e. The molecule has 0 aliphatic carbocycles. The van der Waals surface area contributed by atoms with Gasteiger partial charge < -0.3 is 39.3 Å². The van der Waals surface area contributed by atoms with Crippen LogP contribution in [-0.2, 0) is 41.9 Å². The lowest BCUT2D eigenvalue weighted by atomic mass is 10.1. The lowest BCUT2D eigenvalue weighted by Gasteiger charge is -2.25. The summed E-state index contributed by atoms with van der Waals surface area (Å²) in [6.07, 6.45) is -2.25. The van der Waals surface area contributed by atoms with Gasteiger partial charge in [-0.25, -0.2) is 15.0 Å². The van der Waals surface area contributed by atoms with E-state index in [0.717, 1.165) is 7.11 Å². The number of rotatable bonds is 7. The summed E-state index contributed by atoms with van der Waals surface area (Å²) in [4.78, 5) is 40.6. The number of aliphatic hydroxyl groups excluding tert-OH is 1. The molecule has 0 aromatic carbocycles. The van der Waals surface area contributed by atoms with Crippen molar-refractivity contribution in [2.24, 2.45) is 0 Å². The van der Waals surface area contributed by atoms with Crippen molar-refractivity contribution in [2.45, 2.75) is 24.5 Å². The van der Waals surface area contributed by atoms with Crippen LogP contribution in [0.5, 0.6) is 0 Å². The number of hydrogen-bond donors (Lipinski definition) is 5. The SMILES string of the molecule is COP(O)(=S)OC1[C@@H](O)[C@@H](COP(O)(O)=S)O[C@H]1n1cnc2c(N)ncnc21. The fourth-order valence-electron chi connectivity index (χ4n) is 2.62. The number of fused-ring (bicyclic) bond motifs is 1. The van der Waals surface area contributed by atoms with Crippen molar-refractivity contribution < 1.29 is 38.1 Å². The highest BCUT2D eigenvalue weighted by atomic mass is 32.5. The lowest BCUT2D eigenvalue weighted by molar-refractivity contribution is -0.0470. The van der Waals surface area contributed by atoms with Crippen LogP contribution in [0.15, 0.2) is 12.7 Å². The maximum absolute atomic E-state index is 10.6. The molecule has 156 valence electrons. The summed E-state index contributed by atoms with van der Waals surface area (Å²) in [6, 6.07) is 0. The molecule has 3 rings (SSSR count). The largest absolute Gasteiger partial charge is 0.387 e. The van der Waals surface area contributed by atoms with Gasteiger partial charge in [0.2, 0.25) is 0 Å². The van der Waals surface area contributed by atoms with E-state index in [9.17, 15) is 19.8 Å². The van der Waals surface area contributed by atoms with Crippen LogP contribution in [0, 0.1) is 0 Å². The molecular weight excluding hydrogens is 456 g/mol. The predicted octanol–water partition coefficient (Wildman–Crippen LogP) is -0.859. The molecule has 13 nitrogen and oxygen atoms in total. The van der Waals surface area contributed by atoms with Crippen molar-refractivity contribution in [3.05, 3.63) is 12.7 Å². The van der Waals surface area contributed by atoms with Crippen LogP contribution < -0.4 is 5.73 Å². The second-order valence-corrected chi connectivity index (χ2v) is 11.2. The number of nitrogens with two attached hydrogens (primary N) is 1. The van der Waals surface area contributed by atoms with E-state index in [-0.39, 0.29) is 17.0 Å². The van der Waals surface area contributed by atoms with E-state index in [1.807, 2.05) is 0 Å². The Morgan fingerprint density at radius 2 is 2.00 bits per heavy atom. The van der Waals surface area contributed by atoms with Gasteiger partial charge in [-0.2, -0.15) is 0 Å². The molecule has 0 bridgehead atoms. The van der Waals surface area contributed by atoms with Crippen LogP contribution in [0.2, 0.25) is 0 Å². The molecule has 2 unspecified atom stereocenters. The number of nitrogens with zero attached hydrogens (tertiary/aromatic N) is 4. The Bertz CT molecular complexity index is 956. The summed E-state index contributed by atoms with van der Waals surface area (Å²) in [5, 5.41) is 10.6. The minimum atomic E-state index is -3.98. The van der Waals surface area contributed by atoms with Crippen molar-refractivity contribution in [1.29, 1.82) is 0 Å². The highest BCUT2D eigenvalue weighted by Gasteiger charge is 2.48. The lowest BCUT2D eigenvalue weighted by Crippen LogP contribution is -2.35. The van der Waals surface area contributed by atoms with E-state index < -0.39 is 44.6 Å². The summed E-state index contributed by atoms with van der Waals surface area (Å²) < 4.78 is 22.1. The van der Waals surface area contributed by atoms with Crippen molar-refractivity contribution in [3.63, 3.8) is 0 Å². The first-order chi connectivity index (χ1) is 13.0. The zero-order valence-electron chi connectivity index (χ0n) is 14.2. The maximum atomic E-state index is 10.6. The quantitative estimate of drug-likeness (QED) is 0.313. The monoisotopic (exact) mass is 473 g/mol. The van der Waals surface area contributed by atoms with E-state index in [1.54, 1.807) is 0 Å². The van der Waals surface area contributed by atoms with E-state index in [0.29, 0.717) is 0 Å². The Balaban J connectivity index is 1.96. The van der Waals surface area contributed by atoms with Gasteiger partial charge in [-0.15, -0.1) is 0 Å². The summed E-state index contributed by atoms with van der Waals surface area (Å²) in [5.74, 6) is 0.130. The number of hydrogen-bond acceptors (Lipinski definition) is 11. The number of imidazole rings is 1. The highest BCUT2D eigenvalue weighted by Crippen LogP contribution is 2.49. The Kier molecular flexibility index (Phi) is 6.47. The third kappa shape index (κ3) is 4.73.